The summed E-state index contributed by atoms with van der Waals surface area (Å²) < 4.78 is 25.2. The highest BCUT2D eigenvalue weighted by atomic mass is 127. The summed E-state index contributed by atoms with van der Waals surface area (Å²) in [5.74, 6) is 0. The number of halogens is 5. The number of pyridine rings is 1. The van der Waals surface area contributed by atoms with Gasteiger partial charge in [0.2, 0.25) is 0 Å². The maximum atomic E-state index is 12.4. The predicted octanol–water partition coefficient (Wildman–Crippen LogP) is 3.66. The lowest BCUT2D eigenvalue weighted by Gasteiger charge is -2.05. The summed E-state index contributed by atoms with van der Waals surface area (Å²) in [5, 5.41) is -1.06. The highest BCUT2D eigenvalue weighted by Gasteiger charge is 2.20. The van der Waals surface area contributed by atoms with E-state index in [2.05, 4.69) is 4.98 Å². The fourth-order valence-electron chi connectivity index (χ4n) is 0.804. The Bertz CT molecular complexity index is 386. The Morgan fingerprint density at radius 3 is 2.57 bits per heavy atom. The van der Waals surface area contributed by atoms with Crippen LogP contribution in [-0.2, 0) is 0 Å². The molecule has 0 atom stereocenters. The third-order valence-electron chi connectivity index (χ3n) is 1.38. The molecule has 0 N–H and O–H groups in total. The van der Waals surface area contributed by atoms with Crippen LogP contribution in [0.15, 0.2) is 6.07 Å². The van der Waals surface area contributed by atoms with E-state index in [0.29, 0.717) is 3.57 Å². The van der Waals surface area contributed by atoms with E-state index in [9.17, 15) is 13.6 Å². The summed E-state index contributed by atoms with van der Waals surface area (Å²) in [6, 6.07) is 1.09. The van der Waals surface area contributed by atoms with Gasteiger partial charge in [-0.1, -0.05) is 11.6 Å². The SMILES string of the molecule is O=C(Cl)c1nc(Cl)c(I)cc1C(F)F. The molecule has 14 heavy (non-hydrogen) atoms. The van der Waals surface area contributed by atoms with Gasteiger partial charge < -0.3 is 0 Å². The molecule has 0 bridgehead atoms. The first-order chi connectivity index (χ1) is 6.43. The minimum absolute atomic E-state index is 0.0148. The fourth-order valence-corrected chi connectivity index (χ4v) is 1.55. The number of hydrogen-bond acceptors (Lipinski definition) is 2. The van der Waals surface area contributed by atoms with E-state index in [-0.39, 0.29) is 5.15 Å². The third kappa shape index (κ3) is 2.52. The van der Waals surface area contributed by atoms with Crippen LogP contribution in [0, 0.1) is 3.57 Å². The van der Waals surface area contributed by atoms with Crippen LogP contribution in [-0.4, -0.2) is 10.2 Å². The van der Waals surface area contributed by atoms with Gasteiger partial charge in [0.1, 0.15) is 10.8 Å². The van der Waals surface area contributed by atoms with Crippen molar-refractivity contribution in [3.63, 3.8) is 0 Å². The van der Waals surface area contributed by atoms with E-state index >= 15 is 0 Å². The average molecular weight is 352 g/mol. The molecule has 76 valence electrons. The first-order valence-corrected chi connectivity index (χ1v) is 5.11. The molecule has 0 aliphatic rings. The summed E-state index contributed by atoms with van der Waals surface area (Å²) in [5.41, 5.74) is -0.995. The highest BCUT2D eigenvalue weighted by Crippen LogP contribution is 2.27. The van der Waals surface area contributed by atoms with Crippen LogP contribution in [0.5, 0.6) is 0 Å². The van der Waals surface area contributed by atoms with Crippen LogP contribution in [0.1, 0.15) is 22.5 Å². The molecule has 0 unspecified atom stereocenters. The van der Waals surface area contributed by atoms with Crippen LogP contribution in [0.2, 0.25) is 5.15 Å². The molecule has 2 nitrogen and oxygen atoms in total. The van der Waals surface area contributed by atoms with E-state index in [1.807, 2.05) is 0 Å². The lowest BCUT2D eigenvalue weighted by Crippen LogP contribution is -2.03. The van der Waals surface area contributed by atoms with E-state index in [4.69, 9.17) is 23.2 Å². The number of aromatic nitrogens is 1. The van der Waals surface area contributed by atoms with Crippen molar-refractivity contribution >= 4 is 51.0 Å². The molecular formula is C7H2Cl2F2INO. The molecule has 0 fully saturated rings. The quantitative estimate of drug-likeness (QED) is 0.462. The Balaban J connectivity index is 3.39. The second-order valence-corrected chi connectivity index (χ2v) is 4.14. The molecule has 1 heterocycles. The number of hydrogen-bond donors (Lipinski definition) is 0. The van der Waals surface area contributed by atoms with E-state index in [0.717, 1.165) is 6.07 Å². The lowest BCUT2D eigenvalue weighted by molar-refractivity contribution is 0.106. The predicted molar refractivity (Wildman–Crippen MR) is 57.1 cm³/mol. The van der Waals surface area contributed by atoms with Gasteiger partial charge in [-0.05, 0) is 40.3 Å². The summed E-state index contributed by atoms with van der Waals surface area (Å²) in [4.78, 5) is 14.2. The fraction of sp³-hybridized carbons (Fsp3) is 0.143. The zero-order valence-electron chi connectivity index (χ0n) is 6.40. The van der Waals surface area contributed by atoms with E-state index < -0.39 is 22.9 Å². The average Bonchev–Trinajstić information content (AvgIpc) is 2.08. The molecule has 1 aromatic rings. The van der Waals surface area contributed by atoms with Gasteiger partial charge in [0.25, 0.3) is 11.7 Å². The Labute approximate surface area is 102 Å². The Kier molecular flexibility index (Phi) is 4.03. The summed E-state index contributed by atoms with van der Waals surface area (Å²) in [7, 11) is 0. The van der Waals surface area contributed by atoms with Crippen molar-refractivity contribution in [2.75, 3.05) is 0 Å². The maximum Gasteiger partial charge on any atom is 0.271 e. The van der Waals surface area contributed by atoms with E-state index in [1.54, 1.807) is 22.6 Å². The molecule has 0 radical (unpaired) electrons. The number of carbonyl (C=O) groups is 1. The van der Waals surface area contributed by atoms with Crippen molar-refractivity contribution in [3.8, 4) is 0 Å². The minimum Gasteiger partial charge on any atom is -0.274 e. The largest absolute Gasteiger partial charge is 0.274 e. The molecule has 1 rings (SSSR count). The zero-order chi connectivity index (χ0) is 10.9. The van der Waals surface area contributed by atoms with Crippen molar-refractivity contribution in [1.82, 2.24) is 4.98 Å². The van der Waals surface area contributed by atoms with Gasteiger partial charge in [0, 0.05) is 5.56 Å². The van der Waals surface area contributed by atoms with Crippen LogP contribution in [0.3, 0.4) is 0 Å². The molecule has 0 saturated heterocycles. The molecular weight excluding hydrogens is 350 g/mol. The number of nitrogens with zero attached hydrogens (tertiary/aromatic N) is 1. The van der Waals surface area contributed by atoms with E-state index in [1.165, 1.54) is 0 Å². The van der Waals surface area contributed by atoms with Gasteiger partial charge in [-0.2, -0.15) is 0 Å². The van der Waals surface area contributed by atoms with Gasteiger partial charge in [-0.15, -0.1) is 0 Å². The van der Waals surface area contributed by atoms with Crippen molar-refractivity contribution in [2.24, 2.45) is 0 Å². The highest BCUT2D eigenvalue weighted by molar-refractivity contribution is 14.1. The molecule has 0 saturated carbocycles. The van der Waals surface area contributed by atoms with Gasteiger partial charge in [0.05, 0.1) is 3.57 Å². The second kappa shape index (κ2) is 4.67. The number of rotatable bonds is 2. The number of alkyl halides is 2. The van der Waals surface area contributed by atoms with Crippen molar-refractivity contribution in [3.05, 3.63) is 26.0 Å². The molecule has 0 aliphatic carbocycles. The standard InChI is InChI=1S/C7H2Cl2F2INO/c8-5-3(12)1-2(7(10)11)4(13-5)6(9)14/h1,7H. The normalized spacial score (nSPS) is 10.7. The van der Waals surface area contributed by atoms with Crippen molar-refractivity contribution < 1.29 is 13.6 Å². The van der Waals surface area contributed by atoms with Gasteiger partial charge >= 0.3 is 0 Å². The van der Waals surface area contributed by atoms with Crippen LogP contribution < -0.4 is 0 Å². The van der Waals surface area contributed by atoms with Crippen LogP contribution >= 0.6 is 45.8 Å². The first kappa shape index (κ1) is 12.1. The third-order valence-corrected chi connectivity index (χ3v) is 2.99. The summed E-state index contributed by atoms with van der Waals surface area (Å²) in [6.45, 7) is 0. The molecule has 1 aromatic heterocycles. The lowest BCUT2D eigenvalue weighted by atomic mass is 10.2. The summed E-state index contributed by atoms with van der Waals surface area (Å²) >= 11 is 12.4. The topological polar surface area (TPSA) is 30.0 Å². The van der Waals surface area contributed by atoms with Crippen molar-refractivity contribution in [1.29, 1.82) is 0 Å². The van der Waals surface area contributed by atoms with Crippen LogP contribution in [0.25, 0.3) is 0 Å². The maximum absolute atomic E-state index is 12.4. The first-order valence-electron chi connectivity index (χ1n) is 3.27. The molecule has 0 aromatic carbocycles. The second-order valence-electron chi connectivity index (χ2n) is 2.27. The smallest absolute Gasteiger partial charge is 0.271 e. The molecule has 0 spiro atoms. The Morgan fingerprint density at radius 2 is 2.14 bits per heavy atom. The van der Waals surface area contributed by atoms with Crippen molar-refractivity contribution in [2.45, 2.75) is 6.43 Å². The Hall–Kier alpha value is -0.0100. The molecule has 0 amide bonds. The molecule has 7 heteroatoms. The Morgan fingerprint density at radius 1 is 1.57 bits per heavy atom. The monoisotopic (exact) mass is 351 g/mol. The minimum atomic E-state index is -2.80. The van der Waals surface area contributed by atoms with Crippen LogP contribution in [0.4, 0.5) is 8.78 Å². The van der Waals surface area contributed by atoms with Gasteiger partial charge in [-0.25, -0.2) is 13.8 Å². The van der Waals surface area contributed by atoms with Gasteiger partial charge in [0.15, 0.2) is 0 Å². The summed E-state index contributed by atoms with van der Waals surface area (Å²) in [6.07, 6.45) is -2.80. The number of carbonyl (C=O) groups excluding carboxylic acids is 1. The van der Waals surface area contributed by atoms with Gasteiger partial charge in [-0.3, -0.25) is 4.79 Å². The zero-order valence-corrected chi connectivity index (χ0v) is 10.1. The molecule has 0 aliphatic heterocycles.